The number of benzene rings is 1. The van der Waals surface area contributed by atoms with E-state index in [0.717, 1.165) is 4.46 Å². The van der Waals surface area contributed by atoms with Crippen LogP contribution in [0, 0.1) is 0 Å². The summed E-state index contributed by atoms with van der Waals surface area (Å²) < 4.78 is 5.40. The van der Waals surface area contributed by atoms with Crippen LogP contribution in [0.1, 0.15) is 6.92 Å². The molecule has 2 nitrogen and oxygen atoms in total. The predicted molar refractivity (Wildman–Crippen MR) is 58.1 cm³/mol. The average molecular weight is 278 g/mol. The van der Waals surface area contributed by atoms with Crippen molar-refractivity contribution in [2.45, 2.75) is 11.2 Å². The van der Waals surface area contributed by atoms with Gasteiger partial charge in [0.25, 0.3) is 0 Å². The van der Waals surface area contributed by atoms with Gasteiger partial charge in [0.15, 0.2) is 0 Å². The molecular formula is C10H11ClO2Se. The van der Waals surface area contributed by atoms with Gasteiger partial charge in [0.1, 0.15) is 0 Å². The molecule has 14 heavy (non-hydrogen) atoms. The monoisotopic (exact) mass is 278 g/mol. The molecular weight excluding hydrogens is 267 g/mol. The van der Waals surface area contributed by atoms with Crippen LogP contribution in [0.5, 0.6) is 0 Å². The van der Waals surface area contributed by atoms with Gasteiger partial charge in [-0.2, -0.15) is 0 Å². The van der Waals surface area contributed by atoms with Crippen LogP contribution in [0.25, 0.3) is 0 Å². The van der Waals surface area contributed by atoms with Crippen molar-refractivity contribution in [1.29, 1.82) is 0 Å². The molecule has 0 N–H and O–H groups in total. The first kappa shape index (κ1) is 11.6. The third-order valence-electron chi connectivity index (χ3n) is 1.45. The predicted octanol–water partition coefficient (Wildman–Crippen LogP) is 1.14. The maximum absolute atomic E-state index is 11.2. The zero-order valence-electron chi connectivity index (χ0n) is 7.77. The van der Waals surface area contributed by atoms with Gasteiger partial charge in [-0.05, 0) is 0 Å². The van der Waals surface area contributed by atoms with Crippen molar-refractivity contribution in [1.82, 2.24) is 0 Å². The van der Waals surface area contributed by atoms with E-state index in [-0.39, 0.29) is 20.9 Å². The molecule has 0 amide bonds. The van der Waals surface area contributed by atoms with E-state index in [1.807, 2.05) is 30.3 Å². The summed E-state index contributed by atoms with van der Waals surface area (Å²) in [4.78, 5) is 11.2. The fraction of sp³-hybridized carbons (Fsp3) is 0.300. The van der Waals surface area contributed by atoms with E-state index in [2.05, 4.69) is 0 Å². The number of carbonyl (C=O) groups excluding carboxylic acids is 1. The van der Waals surface area contributed by atoms with E-state index < -0.39 is 4.28 Å². The Hall–Kier alpha value is -0.501. The third kappa shape index (κ3) is 3.70. The minimum absolute atomic E-state index is 0.0604. The molecule has 76 valence electrons. The van der Waals surface area contributed by atoms with Gasteiger partial charge in [-0.25, -0.2) is 0 Å². The van der Waals surface area contributed by atoms with E-state index in [0.29, 0.717) is 6.61 Å². The number of carbonyl (C=O) groups is 1. The van der Waals surface area contributed by atoms with Crippen molar-refractivity contribution in [3.05, 3.63) is 30.3 Å². The van der Waals surface area contributed by atoms with Crippen molar-refractivity contribution in [2.75, 3.05) is 6.61 Å². The Labute approximate surface area is 94.8 Å². The second-order valence-corrected chi connectivity index (χ2v) is 5.99. The SMILES string of the molecule is CCOC(=O)C(Cl)[Se]c1ccccc1. The molecule has 1 rings (SSSR count). The Morgan fingerprint density at radius 1 is 1.50 bits per heavy atom. The van der Waals surface area contributed by atoms with E-state index >= 15 is 0 Å². The molecule has 1 aromatic carbocycles. The van der Waals surface area contributed by atoms with Crippen molar-refractivity contribution in [3.8, 4) is 0 Å². The number of esters is 1. The minimum atomic E-state index is -0.523. The molecule has 1 unspecified atom stereocenters. The number of ether oxygens (including phenoxy) is 1. The number of hydrogen-bond acceptors (Lipinski definition) is 2. The molecule has 4 heteroatoms. The molecule has 0 heterocycles. The zero-order valence-corrected chi connectivity index (χ0v) is 10.2. The van der Waals surface area contributed by atoms with E-state index in [1.54, 1.807) is 6.92 Å². The number of alkyl halides is 1. The number of hydrogen-bond donors (Lipinski definition) is 0. The summed E-state index contributed by atoms with van der Waals surface area (Å²) >= 11 is 5.84. The van der Waals surface area contributed by atoms with Gasteiger partial charge in [-0.1, -0.05) is 0 Å². The first-order valence-electron chi connectivity index (χ1n) is 4.26. The fourth-order valence-corrected chi connectivity index (χ4v) is 2.98. The summed E-state index contributed by atoms with van der Waals surface area (Å²) in [5.41, 5.74) is 0. The third-order valence-corrected chi connectivity index (χ3v) is 4.08. The van der Waals surface area contributed by atoms with Crippen molar-refractivity contribution in [2.24, 2.45) is 0 Å². The summed E-state index contributed by atoms with van der Waals surface area (Å²) in [6.45, 7) is 2.16. The Balaban J connectivity index is 2.49. The molecule has 0 spiro atoms. The molecule has 0 fully saturated rings. The van der Waals surface area contributed by atoms with E-state index in [9.17, 15) is 4.79 Å². The Morgan fingerprint density at radius 2 is 2.14 bits per heavy atom. The molecule has 0 aliphatic carbocycles. The van der Waals surface area contributed by atoms with Gasteiger partial charge >= 0.3 is 94.7 Å². The number of rotatable bonds is 4. The molecule has 0 bridgehead atoms. The Kier molecular flexibility index (Phi) is 5.02. The van der Waals surface area contributed by atoms with Crippen LogP contribution in [0.2, 0.25) is 0 Å². The normalized spacial score (nSPS) is 12.1. The van der Waals surface area contributed by atoms with Crippen molar-refractivity contribution >= 4 is 37.0 Å². The van der Waals surface area contributed by atoms with Gasteiger partial charge in [0.2, 0.25) is 0 Å². The second-order valence-electron chi connectivity index (χ2n) is 2.50. The van der Waals surface area contributed by atoms with Gasteiger partial charge in [-0.15, -0.1) is 0 Å². The van der Waals surface area contributed by atoms with E-state index in [1.165, 1.54) is 0 Å². The van der Waals surface area contributed by atoms with Crippen LogP contribution in [-0.4, -0.2) is 31.8 Å². The summed E-state index contributed by atoms with van der Waals surface area (Å²) in [5.74, 6) is -0.321. The van der Waals surface area contributed by atoms with Gasteiger partial charge in [0.05, 0.1) is 0 Å². The molecule has 0 aromatic heterocycles. The Morgan fingerprint density at radius 3 is 2.71 bits per heavy atom. The first-order chi connectivity index (χ1) is 6.74. The molecule has 1 aromatic rings. The Bertz CT molecular complexity index is 289. The first-order valence-corrected chi connectivity index (χ1v) is 6.54. The molecule has 0 saturated carbocycles. The quantitative estimate of drug-likeness (QED) is 0.469. The molecule has 0 aliphatic rings. The van der Waals surface area contributed by atoms with Gasteiger partial charge in [0, 0.05) is 0 Å². The van der Waals surface area contributed by atoms with E-state index in [4.69, 9.17) is 16.3 Å². The standard InChI is InChI=1S/C10H11ClO2Se/c1-2-13-10(12)9(11)14-8-6-4-3-5-7-8/h3-7,9H,2H2,1H3. The van der Waals surface area contributed by atoms with Gasteiger partial charge in [-0.3, -0.25) is 0 Å². The van der Waals surface area contributed by atoms with Crippen LogP contribution in [0.4, 0.5) is 0 Å². The molecule has 1 atom stereocenters. The maximum atomic E-state index is 11.2. The molecule has 0 aliphatic heterocycles. The van der Waals surface area contributed by atoms with Crippen LogP contribution in [0.3, 0.4) is 0 Å². The van der Waals surface area contributed by atoms with Crippen LogP contribution >= 0.6 is 11.6 Å². The fourth-order valence-electron chi connectivity index (χ4n) is 0.874. The van der Waals surface area contributed by atoms with Crippen LogP contribution < -0.4 is 4.46 Å². The van der Waals surface area contributed by atoms with Crippen LogP contribution in [0.15, 0.2) is 30.3 Å². The van der Waals surface area contributed by atoms with Crippen molar-refractivity contribution in [3.63, 3.8) is 0 Å². The summed E-state index contributed by atoms with van der Waals surface area (Å²) in [7, 11) is 0. The summed E-state index contributed by atoms with van der Waals surface area (Å²) in [6.07, 6.45) is 0. The number of halogens is 1. The zero-order chi connectivity index (χ0) is 10.4. The van der Waals surface area contributed by atoms with Crippen LogP contribution in [-0.2, 0) is 9.53 Å². The van der Waals surface area contributed by atoms with Crippen molar-refractivity contribution < 1.29 is 9.53 Å². The average Bonchev–Trinajstić information content (AvgIpc) is 2.19. The summed E-state index contributed by atoms with van der Waals surface area (Å²) in [6, 6.07) is 9.74. The van der Waals surface area contributed by atoms with Gasteiger partial charge < -0.3 is 0 Å². The topological polar surface area (TPSA) is 26.3 Å². The summed E-state index contributed by atoms with van der Waals surface area (Å²) in [5, 5.41) is 0. The molecule has 0 radical (unpaired) electrons. The molecule has 0 saturated heterocycles. The second kappa shape index (κ2) is 6.07.